The van der Waals surface area contributed by atoms with Crippen LogP contribution in [0.3, 0.4) is 0 Å². The Morgan fingerprint density at radius 2 is 1.67 bits per heavy atom. The van der Waals surface area contributed by atoms with Gasteiger partial charge in [-0.15, -0.1) is 0 Å². The van der Waals surface area contributed by atoms with Crippen LogP contribution in [0, 0.1) is 17.5 Å². The number of halogens is 4. The quantitative estimate of drug-likeness (QED) is 0.595. The monoisotopic (exact) mass is 226 g/mol. The Kier molecular flexibility index (Phi) is 2.69. The van der Waals surface area contributed by atoms with E-state index in [0.29, 0.717) is 0 Å². The highest BCUT2D eigenvalue weighted by molar-refractivity contribution is 5.92. The number of hydrogen-bond acceptors (Lipinski definition) is 3. The van der Waals surface area contributed by atoms with Crippen molar-refractivity contribution in [3.8, 4) is 11.5 Å². The van der Waals surface area contributed by atoms with Crippen LogP contribution in [0.5, 0.6) is 11.5 Å². The van der Waals surface area contributed by atoms with Crippen molar-refractivity contribution >= 4 is 5.97 Å². The van der Waals surface area contributed by atoms with E-state index in [-0.39, 0.29) is 0 Å². The van der Waals surface area contributed by atoms with Gasteiger partial charge in [-0.2, -0.15) is 4.39 Å². The van der Waals surface area contributed by atoms with E-state index in [1.807, 2.05) is 0 Å². The zero-order valence-electron chi connectivity index (χ0n) is 6.72. The molecule has 1 aromatic rings. The van der Waals surface area contributed by atoms with Crippen molar-refractivity contribution in [2.75, 3.05) is 0 Å². The van der Waals surface area contributed by atoms with E-state index < -0.39 is 40.5 Å². The van der Waals surface area contributed by atoms with Gasteiger partial charge in [0.05, 0.1) is 0 Å². The number of carbonyl (C=O) groups is 1. The highest BCUT2D eigenvalue weighted by atomic mass is 19.3. The molecule has 0 atom stereocenters. The fraction of sp³-hybridized carbons (Fsp3) is 0. The molecule has 0 amide bonds. The van der Waals surface area contributed by atoms with Crippen LogP contribution >= 0.6 is 0 Å². The fourth-order valence-corrected chi connectivity index (χ4v) is 0.893. The molecule has 15 heavy (non-hydrogen) atoms. The van der Waals surface area contributed by atoms with Crippen LogP contribution in [0.25, 0.3) is 0 Å². The zero-order valence-corrected chi connectivity index (χ0v) is 6.72. The third-order valence-corrected chi connectivity index (χ3v) is 1.55. The molecule has 0 radical (unpaired) electrons. The first-order valence-electron chi connectivity index (χ1n) is 3.33. The van der Waals surface area contributed by atoms with Crippen LogP contribution in [0.2, 0.25) is 0 Å². The van der Waals surface area contributed by atoms with Gasteiger partial charge in [0.15, 0.2) is 17.4 Å². The average Bonchev–Trinajstić information content (AvgIpc) is 2.15. The van der Waals surface area contributed by atoms with Crippen LogP contribution in [0.4, 0.5) is 17.7 Å². The molecule has 1 aromatic carbocycles. The summed E-state index contributed by atoms with van der Waals surface area (Å²) in [7, 11) is 0. The van der Waals surface area contributed by atoms with Crippen molar-refractivity contribution in [1.82, 2.24) is 0 Å². The lowest BCUT2D eigenvalue weighted by Gasteiger charge is -2.06. The standard InChI is InChI=1S/C7H2F4O4/c8-2-1(7(13)14)5(12)6(15-11)4(10)3(2)9/h12H,(H,13,14). The maximum atomic E-state index is 12.8. The van der Waals surface area contributed by atoms with Crippen LogP contribution in [0.15, 0.2) is 0 Å². The third-order valence-electron chi connectivity index (χ3n) is 1.55. The molecule has 4 nitrogen and oxygen atoms in total. The molecular weight excluding hydrogens is 224 g/mol. The van der Waals surface area contributed by atoms with Gasteiger partial charge in [-0.05, 0) is 0 Å². The zero-order chi connectivity index (χ0) is 11.7. The lowest BCUT2D eigenvalue weighted by Crippen LogP contribution is -2.07. The Morgan fingerprint density at radius 1 is 1.13 bits per heavy atom. The summed E-state index contributed by atoms with van der Waals surface area (Å²) in [5.41, 5.74) is -1.61. The summed E-state index contributed by atoms with van der Waals surface area (Å²) < 4.78 is 49.6. The molecule has 2 N–H and O–H groups in total. The number of hydrogen-bond donors (Lipinski definition) is 2. The van der Waals surface area contributed by atoms with Gasteiger partial charge in [-0.25, -0.2) is 13.6 Å². The van der Waals surface area contributed by atoms with Gasteiger partial charge >= 0.3 is 5.97 Å². The Morgan fingerprint density at radius 3 is 2.07 bits per heavy atom. The normalized spacial score (nSPS) is 10.1. The molecule has 0 saturated heterocycles. The highest BCUT2D eigenvalue weighted by Crippen LogP contribution is 2.37. The summed E-state index contributed by atoms with van der Waals surface area (Å²) in [6.07, 6.45) is 0. The molecule has 0 bridgehead atoms. The van der Waals surface area contributed by atoms with E-state index >= 15 is 0 Å². The highest BCUT2D eigenvalue weighted by Gasteiger charge is 2.30. The van der Waals surface area contributed by atoms with Gasteiger partial charge in [0, 0.05) is 4.53 Å². The largest absolute Gasteiger partial charge is 0.503 e. The summed E-state index contributed by atoms with van der Waals surface area (Å²) in [5, 5.41) is 17.2. The van der Waals surface area contributed by atoms with Crippen molar-refractivity contribution in [3.63, 3.8) is 0 Å². The molecule has 0 fully saturated rings. The second-order valence-corrected chi connectivity index (χ2v) is 2.38. The molecular formula is C7H2F4O4. The van der Waals surface area contributed by atoms with Gasteiger partial charge in [0.25, 0.3) is 5.75 Å². The van der Waals surface area contributed by atoms with Crippen LogP contribution in [-0.4, -0.2) is 16.2 Å². The first-order valence-corrected chi connectivity index (χ1v) is 3.33. The molecule has 82 valence electrons. The Labute approximate surface area is 79.2 Å². The molecule has 0 heterocycles. The minimum absolute atomic E-state index is 1.61. The lowest BCUT2D eigenvalue weighted by molar-refractivity contribution is -0.0147. The number of carboxylic acids is 1. The molecule has 0 spiro atoms. The second kappa shape index (κ2) is 3.64. The topological polar surface area (TPSA) is 66.8 Å². The van der Waals surface area contributed by atoms with E-state index in [0.717, 1.165) is 0 Å². The minimum Gasteiger partial charge on any atom is -0.503 e. The van der Waals surface area contributed by atoms with Gasteiger partial charge in [0.2, 0.25) is 5.82 Å². The predicted octanol–water partition coefficient (Wildman–Crippen LogP) is 1.77. The van der Waals surface area contributed by atoms with Crippen molar-refractivity contribution in [2.45, 2.75) is 0 Å². The molecule has 0 aliphatic heterocycles. The third kappa shape index (κ3) is 1.53. The van der Waals surface area contributed by atoms with Crippen molar-refractivity contribution in [3.05, 3.63) is 23.0 Å². The van der Waals surface area contributed by atoms with E-state index in [2.05, 4.69) is 4.94 Å². The minimum atomic E-state index is -2.25. The summed E-state index contributed by atoms with van der Waals surface area (Å²) in [6.45, 7) is 0. The van der Waals surface area contributed by atoms with Gasteiger partial charge in [0.1, 0.15) is 5.56 Å². The molecule has 0 saturated carbocycles. The maximum Gasteiger partial charge on any atom is 0.342 e. The van der Waals surface area contributed by atoms with Crippen molar-refractivity contribution in [1.29, 1.82) is 0 Å². The number of phenols is 1. The molecule has 0 unspecified atom stereocenters. The van der Waals surface area contributed by atoms with Crippen molar-refractivity contribution in [2.24, 2.45) is 0 Å². The van der Waals surface area contributed by atoms with E-state index in [9.17, 15) is 22.5 Å². The summed E-state index contributed by atoms with van der Waals surface area (Å²) in [5.74, 6) is -12.0. The lowest BCUT2D eigenvalue weighted by atomic mass is 10.1. The molecule has 0 aliphatic rings. The van der Waals surface area contributed by atoms with Gasteiger partial charge < -0.3 is 10.2 Å². The second-order valence-electron chi connectivity index (χ2n) is 2.38. The molecule has 8 heteroatoms. The average molecular weight is 226 g/mol. The fourth-order valence-electron chi connectivity index (χ4n) is 0.893. The van der Waals surface area contributed by atoms with Gasteiger partial charge in [-0.1, -0.05) is 0 Å². The first kappa shape index (κ1) is 11.1. The van der Waals surface area contributed by atoms with Crippen LogP contribution in [0.1, 0.15) is 10.4 Å². The Balaban J connectivity index is 3.68. The Hall–Kier alpha value is -1.99. The summed E-state index contributed by atoms with van der Waals surface area (Å²) in [4.78, 5) is 13.0. The van der Waals surface area contributed by atoms with Gasteiger partial charge in [-0.3, -0.25) is 4.94 Å². The van der Waals surface area contributed by atoms with E-state index in [1.165, 1.54) is 0 Å². The molecule has 0 aromatic heterocycles. The number of rotatable bonds is 2. The molecule has 1 rings (SSSR count). The van der Waals surface area contributed by atoms with Crippen LogP contribution in [-0.2, 0) is 0 Å². The number of aromatic carboxylic acids is 1. The number of carboxylic acid groups (broad SMARTS) is 1. The summed E-state index contributed by atoms with van der Waals surface area (Å²) in [6, 6.07) is 0. The summed E-state index contributed by atoms with van der Waals surface area (Å²) >= 11 is 0. The maximum absolute atomic E-state index is 12.8. The van der Waals surface area contributed by atoms with E-state index in [1.54, 1.807) is 0 Å². The predicted molar refractivity (Wildman–Crippen MR) is 36.7 cm³/mol. The smallest absolute Gasteiger partial charge is 0.342 e. The molecule has 0 aliphatic carbocycles. The SMILES string of the molecule is O=C(O)c1c(O)c(OF)c(F)c(F)c1F. The van der Waals surface area contributed by atoms with Crippen molar-refractivity contribution < 1.29 is 37.6 Å². The van der Waals surface area contributed by atoms with E-state index in [4.69, 9.17) is 10.2 Å². The Bertz CT molecular complexity index is 432. The first-order chi connectivity index (χ1) is 6.91. The number of aromatic hydroxyl groups is 1. The van der Waals surface area contributed by atoms with Crippen LogP contribution < -0.4 is 4.94 Å². The number of benzene rings is 1.